The molecule has 0 saturated carbocycles. The van der Waals surface area contributed by atoms with Crippen LogP contribution >= 0.6 is 0 Å². The lowest BCUT2D eigenvalue weighted by Gasteiger charge is -2.22. The Balaban J connectivity index is 1.94. The van der Waals surface area contributed by atoms with Gasteiger partial charge in [0.05, 0.1) is 12.2 Å². The van der Waals surface area contributed by atoms with Gasteiger partial charge < -0.3 is 15.0 Å². The van der Waals surface area contributed by atoms with E-state index in [1.807, 2.05) is 48.3 Å². The van der Waals surface area contributed by atoms with E-state index in [0.717, 1.165) is 16.9 Å². The minimum atomic E-state index is -0.0567. The maximum Gasteiger partial charge on any atom is 0.259 e. The van der Waals surface area contributed by atoms with Crippen LogP contribution in [0.2, 0.25) is 0 Å². The van der Waals surface area contributed by atoms with Gasteiger partial charge in [-0.05, 0) is 32.4 Å². The van der Waals surface area contributed by atoms with Crippen LogP contribution in [0.1, 0.15) is 31.0 Å². The van der Waals surface area contributed by atoms with Crippen LogP contribution in [-0.4, -0.2) is 47.3 Å². The van der Waals surface area contributed by atoms with Crippen LogP contribution in [0.15, 0.2) is 36.7 Å². The maximum atomic E-state index is 11.7. The molecule has 1 amide bonds. The lowest BCUT2D eigenvalue weighted by atomic mass is 10.1. The van der Waals surface area contributed by atoms with Crippen molar-refractivity contribution in [3.8, 4) is 5.75 Å². The fourth-order valence-electron chi connectivity index (χ4n) is 2.39. The molecule has 0 unspecified atom stereocenters. The molecule has 0 aliphatic heterocycles. The highest BCUT2D eigenvalue weighted by molar-refractivity contribution is 5.77. The third-order valence-corrected chi connectivity index (χ3v) is 4.31. The lowest BCUT2D eigenvalue weighted by Crippen LogP contribution is -2.33. The predicted octanol–water partition coefficient (Wildman–Crippen LogP) is 2.40. The van der Waals surface area contributed by atoms with E-state index in [-0.39, 0.29) is 24.6 Å². The van der Waals surface area contributed by atoms with Crippen molar-refractivity contribution in [2.75, 3.05) is 20.7 Å². The highest BCUT2D eigenvalue weighted by Crippen LogP contribution is 2.19. The van der Waals surface area contributed by atoms with Crippen molar-refractivity contribution >= 4 is 5.91 Å². The number of likely N-dealkylation sites (N-methyl/N-ethyl adjacent to an activating group) is 1. The number of aromatic nitrogens is 2. The van der Waals surface area contributed by atoms with E-state index < -0.39 is 0 Å². The molecule has 136 valence electrons. The largest absolute Gasteiger partial charge is 0.483 e. The summed E-state index contributed by atoms with van der Waals surface area (Å²) >= 11 is 0. The van der Waals surface area contributed by atoms with Crippen LogP contribution in [0, 0.1) is 6.92 Å². The van der Waals surface area contributed by atoms with E-state index in [2.05, 4.69) is 24.3 Å². The summed E-state index contributed by atoms with van der Waals surface area (Å²) in [6.07, 6.45) is 3.92. The van der Waals surface area contributed by atoms with Gasteiger partial charge in [-0.2, -0.15) is 5.10 Å². The van der Waals surface area contributed by atoms with Gasteiger partial charge in [0.15, 0.2) is 6.61 Å². The number of aryl methyl sites for hydroxylation is 1. The normalized spacial score (nSPS) is 13.3. The molecular formula is C19H28N4O2. The molecule has 0 spiro atoms. The van der Waals surface area contributed by atoms with Crippen LogP contribution < -0.4 is 10.1 Å². The molecule has 1 heterocycles. The Kier molecular flexibility index (Phi) is 6.58. The predicted molar refractivity (Wildman–Crippen MR) is 98.6 cm³/mol. The smallest absolute Gasteiger partial charge is 0.259 e. The Hall–Kier alpha value is -2.34. The second-order valence-electron chi connectivity index (χ2n) is 6.59. The lowest BCUT2D eigenvalue weighted by molar-refractivity contribution is -0.130. The molecule has 0 aliphatic carbocycles. The summed E-state index contributed by atoms with van der Waals surface area (Å²) in [6.45, 7) is 7.03. The first-order chi connectivity index (χ1) is 11.9. The monoisotopic (exact) mass is 344 g/mol. The van der Waals surface area contributed by atoms with Gasteiger partial charge in [0.2, 0.25) is 0 Å². The highest BCUT2D eigenvalue weighted by atomic mass is 16.5. The summed E-state index contributed by atoms with van der Waals surface area (Å²) in [5.74, 6) is 0.679. The number of rotatable bonds is 8. The molecule has 0 fully saturated rings. The minimum Gasteiger partial charge on any atom is -0.483 e. The topological polar surface area (TPSA) is 59.4 Å². The third-order valence-electron chi connectivity index (χ3n) is 4.31. The van der Waals surface area contributed by atoms with E-state index in [4.69, 9.17) is 4.74 Å². The third kappa shape index (κ3) is 5.32. The quantitative estimate of drug-likeness (QED) is 0.799. The number of amides is 1. The van der Waals surface area contributed by atoms with Gasteiger partial charge in [0, 0.05) is 38.4 Å². The van der Waals surface area contributed by atoms with Gasteiger partial charge in [-0.3, -0.25) is 9.48 Å². The second kappa shape index (κ2) is 8.67. The van der Waals surface area contributed by atoms with E-state index in [1.54, 1.807) is 14.1 Å². The number of carbonyl (C=O) groups is 1. The Morgan fingerprint density at radius 1 is 1.32 bits per heavy atom. The van der Waals surface area contributed by atoms with Gasteiger partial charge in [0.25, 0.3) is 5.91 Å². The molecule has 2 aromatic rings. The zero-order valence-electron chi connectivity index (χ0n) is 15.7. The van der Waals surface area contributed by atoms with Crippen LogP contribution in [0.25, 0.3) is 0 Å². The van der Waals surface area contributed by atoms with E-state index in [9.17, 15) is 4.79 Å². The summed E-state index contributed by atoms with van der Waals surface area (Å²) in [5.41, 5.74) is 2.19. The molecule has 2 atom stereocenters. The van der Waals surface area contributed by atoms with Crippen molar-refractivity contribution < 1.29 is 9.53 Å². The average molecular weight is 344 g/mol. The van der Waals surface area contributed by atoms with Crippen molar-refractivity contribution in [1.82, 2.24) is 20.0 Å². The van der Waals surface area contributed by atoms with Gasteiger partial charge >= 0.3 is 0 Å². The maximum absolute atomic E-state index is 11.7. The number of nitrogens with zero attached hydrogens (tertiary/aromatic N) is 3. The van der Waals surface area contributed by atoms with E-state index in [0.29, 0.717) is 6.54 Å². The molecule has 0 aliphatic rings. The molecule has 25 heavy (non-hydrogen) atoms. The Labute approximate surface area is 149 Å². The first-order valence-corrected chi connectivity index (χ1v) is 8.53. The second-order valence-corrected chi connectivity index (χ2v) is 6.59. The number of carbonyl (C=O) groups excluding carboxylic acids is 1. The minimum absolute atomic E-state index is 0.0442. The van der Waals surface area contributed by atoms with Gasteiger partial charge in [0.1, 0.15) is 5.75 Å². The number of nitrogens with one attached hydrogen (secondary N) is 1. The standard InChI is InChI=1S/C19H28N4O2/c1-14-10-21-23(12-14)16(3)15(2)20-11-17-8-6-7-9-18(17)25-13-19(24)22(4)5/h6-10,12,15-16,20H,11,13H2,1-5H3/t15-,16-/m1/s1. The Morgan fingerprint density at radius 2 is 2.04 bits per heavy atom. The zero-order chi connectivity index (χ0) is 18.4. The van der Waals surface area contributed by atoms with Crippen molar-refractivity contribution in [3.05, 3.63) is 47.8 Å². The molecule has 6 heteroatoms. The molecule has 0 radical (unpaired) electrons. The summed E-state index contributed by atoms with van der Waals surface area (Å²) in [5, 5.41) is 7.91. The Morgan fingerprint density at radius 3 is 2.68 bits per heavy atom. The fourth-order valence-corrected chi connectivity index (χ4v) is 2.39. The molecule has 1 aromatic carbocycles. The first-order valence-electron chi connectivity index (χ1n) is 8.53. The average Bonchev–Trinajstić information content (AvgIpc) is 3.03. The summed E-state index contributed by atoms with van der Waals surface area (Å²) in [6, 6.07) is 8.26. The van der Waals surface area contributed by atoms with Crippen LogP contribution in [0.3, 0.4) is 0 Å². The van der Waals surface area contributed by atoms with Crippen LogP contribution in [0.4, 0.5) is 0 Å². The van der Waals surface area contributed by atoms with Crippen molar-refractivity contribution in [2.45, 2.75) is 39.4 Å². The van der Waals surface area contributed by atoms with Gasteiger partial charge in [-0.15, -0.1) is 0 Å². The molecule has 2 rings (SSSR count). The number of hydrogen-bond acceptors (Lipinski definition) is 4. The van der Waals surface area contributed by atoms with Crippen LogP contribution in [0.5, 0.6) is 5.75 Å². The molecule has 6 nitrogen and oxygen atoms in total. The van der Waals surface area contributed by atoms with Crippen molar-refractivity contribution in [1.29, 1.82) is 0 Å². The van der Waals surface area contributed by atoms with E-state index >= 15 is 0 Å². The first kappa shape index (κ1) is 19.0. The molecule has 0 bridgehead atoms. The number of benzene rings is 1. The number of para-hydroxylation sites is 1. The molecular weight excluding hydrogens is 316 g/mol. The van der Waals surface area contributed by atoms with E-state index in [1.165, 1.54) is 4.90 Å². The summed E-state index contributed by atoms with van der Waals surface area (Å²) in [7, 11) is 3.44. The van der Waals surface area contributed by atoms with Crippen molar-refractivity contribution in [3.63, 3.8) is 0 Å². The zero-order valence-corrected chi connectivity index (χ0v) is 15.7. The van der Waals surface area contributed by atoms with Gasteiger partial charge in [-0.25, -0.2) is 0 Å². The number of hydrogen-bond donors (Lipinski definition) is 1. The summed E-state index contributed by atoms with van der Waals surface area (Å²) < 4.78 is 7.67. The fraction of sp³-hybridized carbons (Fsp3) is 0.474. The Bertz CT molecular complexity index is 696. The molecule has 1 aromatic heterocycles. The SMILES string of the molecule is Cc1cnn([C@H](C)[C@@H](C)NCc2ccccc2OCC(=O)N(C)C)c1. The number of ether oxygens (including phenoxy) is 1. The molecule has 0 saturated heterocycles. The molecule has 1 N–H and O–H groups in total. The highest BCUT2D eigenvalue weighted by Gasteiger charge is 2.15. The van der Waals surface area contributed by atoms with Crippen LogP contribution in [-0.2, 0) is 11.3 Å². The van der Waals surface area contributed by atoms with Gasteiger partial charge in [-0.1, -0.05) is 18.2 Å². The summed E-state index contributed by atoms with van der Waals surface area (Å²) in [4.78, 5) is 13.2. The van der Waals surface area contributed by atoms with Crippen molar-refractivity contribution in [2.24, 2.45) is 0 Å².